The van der Waals surface area contributed by atoms with E-state index in [0.717, 1.165) is 16.7 Å². The van der Waals surface area contributed by atoms with Crippen molar-refractivity contribution in [2.24, 2.45) is 0 Å². The smallest absolute Gasteiger partial charge is 0.269 e. The van der Waals surface area contributed by atoms with Crippen molar-refractivity contribution < 1.29 is 14.3 Å². The van der Waals surface area contributed by atoms with Crippen LogP contribution in [0.1, 0.15) is 28.7 Å². The maximum Gasteiger partial charge on any atom is 0.269 e. The molecule has 0 aliphatic carbocycles. The number of nitrogens with zero attached hydrogens (tertiary/aromatic N) is 3. The first-order chi connectivity index (χ1) is 16.3. The second-order valence-electron chi connectivity index (χ2n) is 8.00. The fourth-order valence-corrected chi connectivity index (χ4v) is 4.91. The summed E-state index contributed by atoms with van der Waals surface area (Å²) in [6.07, 6.45) is 3.86. The Kier molecular flexibility index (Phi) is 7.16. The lowest BCUT2D eigenvalue weighted by molar-refractivity contribution is -0.122. The van der Waals surface area contributed by atoms with Gasteiger partial charge >= 0.3 is 0 Å². The summed E-state index contributed by atoms with van der Waals surface area (Å²) >= 11 is 6.58. The molecule has 1 aliphatic rings. The molecule has 1 aromatic carbocycles. The average molecular weight is 496 g/mol. The van der Waals surface area contributed by atoms with Crippen molar-refractivity contribution in [2.75, 3.05) is 20.3 Å². The first-order valence-corrected chi connectivity index (χ1v) is 12.0. The monoisotopic (exact) mass is 495 g/mol. The lowest BCUT2D eigenvalue weighted by Gasteiger charge is -2.14. The molecule has 0 radical (unpaired) electrons. The number of pyridine rings is 1. The second kappa shape index (κ2) is 10.1. The highest BCUT2D eigenvalue weighted by Gasteiger charge is 2.32. The van der Waals surface area contributed by atoms with Crippen LogP contribution in [0.4, 0.5) is 0 Å². The normalized spacial score (nSPS) is 15.1. The number of carbonyl (C=O) groups excluding carboxylic acids is 1. The summed E-state index contributed by atoms with van der Waals surface area (Å²) in [6, 6.07) is 9.39. The average Bonchev–Trinajstić information content (AvgIpc) is 3.07. The number of fused-ring (bicyclic) bond motifs is 1. The summed E-state index contributed by atoms with van der Waals surface area (Å²) in [5, 5.41) is 0. The van der Waals surface area contributed by atoms with E-state index < -0.39 is 0 Å². The summed E-state index contributed by atoms with van der Waals surface area (Å²) in [5.41, 5.74) is 3.22. The van der Waals surface area contributed by atoms with Crippen molar-refractivity contribution in [1.82, 2.24) is 14.3 Å². The van der Waals surface area contributed by atoms with Gasteiger partial charge in [0.15, 0.2) is 0 Å². The van der Waals surface area contributed by atoms with E-state index >= 15 is 0 Å². The van der Waals surface area contributed by atoms with Gasteiger partial charge in [-0.3, -0.25) is 18.9 Å². The molecule has 1 saturated heterocycles. The number of aromatic nitrogens is 2. The Labute approximate surface area is 207 Å². The van der Waals surface area contributed by atoms with Crippen LogP contribution in [0.2, 0.25) is 0 Å². The number of thioether (sulfide) groups is 1. The molecule has 4 rings (SSSR count). The van der Waals surface area contributed by atoms with Crippen LogP contribution < -0.4 is 10.3 Å². The molecular formula is C25H25N3O4S2. The Morgan fingerprint density at radius 2 is 1.88 bits per heavy atom. The minimum absolute atomic E-state index is 0.151. The van der Waals surface area contributed by atoms with Crippen LogP contribution in [0.5, 0.6) is 11.6 Å². The molecule has 7 nitrogen and oxygen atoms in total. The lowest BCUT2D eigenvalue weighted by atomic mass is 10.1. The molecule has 34 heavy (non-hydrogen) atoms. The molecule has 1 amide bonds. The highest BCUT2D eigenvalue weighted by Crippen LogP contribution is 2.35. The van der Waals surface area contributed by atoms with Gasteiger partial charge in [0, 0.05) is 26.5 Å². The van der Waals surface area contributed by atoms with Crippen LogP contribution in [0.3, 0.4) is 0 Å². The number of thiocarbonyl (C=S) groups is 1. The molecule has 0 spiro atoms. The third-order valence-corrected chi connectivity index (χ3v) is 7.07. The molecule has 0 saturated carbocycles. The predicted octanol–water partition coefficient (Wildman–Crippen LogP) is 4.65. The molecule has 9 heteroatoms. The van der Waals surface area contributed by atoms with E-state index in [2.05, 4.69) is 4.98 Å². The van der Waals surface area contributed by atoms with Crippen LogP contribution in [-0.4, -0.2) is 44.8 Å². The van der Waals surface area contributed by atoms with E-state index in [1.165, 1.54) is 21.1 Å². The molecule has 1 aliphatic heterocycles. The molecule has 0 unspecified atom stereocenters. The van der Waals surface area contributed by atoms with Crippen LogP contribution in [0, 0.1) is 20.8 Å². The van der Waals surface area contributed by atoms with E-state index in [-0.39, 0.29) is 22.9 Å². The Morgan fingerprint density at radius 3 is 2.65 bits per heavy atom. The minimum Gasteiger partial charge on any atom is -0.438 e. The van der Waals surface area contributed by atoms with Gasteiger partial charge in [0.2, 0.25) is 5.88 Å². The van der Waals surface area contributed by atoms with Crippen molar-refractivity contribution in [3.8, 4) is 11.6 Å². The Morgan fingerprint density at radius 1 is 1.12 bits per heavy atom. The summed E-state index contributed by atoms with van der Waals surface area (Å²) in [6.45, 7) is 6.81. The van der Waals surface area contributed by atoms with Crippen LogP contribution in [0.15, 0.2) is 46.2 Å². The van der Waals surface area contributed by atoms with E-state index in [4.69, 9.17) is 21.7 Å². The number of carbonyl (C=O) groups is 1. The van der Waals surface area contributed by atoms with Crippen molar-refractivity contribution >= 4 is 45.9 Å². The van der Waals surface area contributed by atoms with Gasteiger partial charge in [-0.1, -0.05) is 42.2 Å². The molecule has 176 valence electrons. The number of benzene rings is 1. The van der Waals surface area contributed by atoms with Gasteiger partial charge in [-0.25, -0.2) is 0 Å². The molecular weight excluding hydrogens is 470 g/mol. The molecule has 2 aromatic heterocycles. The van der Waals surface area contributed by atoms with Crippen LogP contribution in [-0.2, 0) is 9.53 Å². The summed E-state index contributed by atoms with van der Waals surface area (Å²) in [5.74, 6) is 0.516. The third-order valence-electron chi connectivity index (χ3n) is 5.69. The lowest BCUT2D eigenvalue weighted by Crippen LogP contribution is -2.29. The van der Waals surface area contributed by atoms with Gasteiger partial charge in [0.05, 0.1) is 4.91 Å². The molecule has 0 N–H and O–H groups in total. The molecule has 0 atom stereocenters. The largest absolute Gasteiger partial charge is 0.438 e. The van der Waals surface area contributed by atoms with Crippen LogP contribution in [0.25, 0.3) is 11.7 Å². The zero-order valence-corrected chi connectivity index (χ0v) is 21.1. The zero-order chi connectivity index (χ0) is 24.4. The summed E-state index contributed by atoms with van der Waals surface area (Å²) in [4.78, 5) is 33.2. The fourth-order valence-electron chi connectivity index (χ4n) is 3.62. The van der Waals surface area contributed by atoms with Crippen molar-refractivity contribution in [2.45, 2.75) is 27.2 Å². The number of rotatable bonds is 7. The van der Waals surface area contributed by atoms with Crippen LogP contribution >= 0.6 is 24.0 Å². The maximum atomic E-state index is 13.5. The highest BCUT2D eigenvalue weighted by molar-refractivity contribution is 8.26. The van der Waals surface area contributed by atoms with E-state index in [1.54, 1.807) is 25.4 Å². The summed E-state index contributed by atoms with van der Waals surface area (Å²) < 4.78 is 13.2. The SMILES string of the molecule is COCCCN1C(=O)/C(=C\c2c(Oc3cccc(C)c3C)nc3c(C)cccn3c2=O)SC1=S. The topological polar surface area (TPSA) is 73.1 Å². The van der Waals surface area contributed by atoms with E-state index in [9.17, 15) is 9.59 Å². The number of methoxy groups -OCH3 is 1. The zero-order valence-electron chi connectivity index (χ0n) is 19.5. The van der Waals surface area contributed by atoms with Gasteiger partial charge in [-0.15, -0.1) is 0 Å². The van der Waals surface area contributed by atoms with Gasteiger partial charge in [0.1, 0.15) is 21.3 Å². The molecule has 0 bridgehead atoms. The first kappa shape index (κ1) is 24.1. The number of hydrogen-bond donors (Lipinski definition) is 0. The minimum atomic E-state index is -0.321. The molecule has 1 fully saturated rings. The Hall–Kier alpha value is -3.01. The summed E-state index contributed by atoms with van der Waals surface area (Å²) in [7, 11) is 1.61. The van der Waals surface area contributed by atoms with Gasteiger partial charge in [0.25, 0.3) is 11.5 Å². The number of hydrogen-bond acceptors (Lipinski definition) is 7. The fraction of sp³-hybridized carbons (Fsp3) is 0.280. The number of ether oxygens (including phenoxy) is 2. The Balaban J connectivity index is 1.83. The van der Waals surface area contributed by atoms with E-state index in [0.29, 0.717) is 40.2 Å². The highest BCUT2D eigenvalue weighted by atomic mass is 32.2. The van der Waals surface area contributed by atoms with Gasteiger partial charge in [-0.2, -0.15) is 4.98 Å². The second-order valence-corrected chi connectivity index (χ2v) is 9.68. The predicted molar refractivity (Wildman–Crippen MR) is 139 cm³/mol. The van der Waals surface area contributed by atoms with Crippen molar-refractivity contribution in [1.29, 1.82) is 0 Å². The quantitative estimate of drug-likeness (QED) is 0.268. The van der Waals surface area contributed by atoms with Crippen molar-refractivity contribution in [3.05, 3.63) is 74.0 Å². The van der Waals surface area contributed by atoms with Gasteiger partial charge in [-0.05, 0) is 62.1 Å². The number of aryl methyl sites for hydroxylation is 2. The van der Waals surface area contributed by atoms with Crippen molar-refractivity contribution in [3.63, 3.8) is 0 Å². The van der Waals surface area contributed by atoms with Gasteiger partial charge < -0.3 is 9.47 Å². The standard InChI is InChI=1S/C25H25N3O4S2/c1-15-8-5-10-19(17(15)3)32-22-18(23(29)27-11-6-9-16(2)21(27)26-22)14-20-24(30)28(25(33)34-20)12-7-13-31-4/h5-6,8-11,14H,7,12-13H2,1-4H3/b20-14+. The van der Waals surface area contributed by atoms with E-state index in [1.807, 2.05) is 45.0 Å². The Bertz CT molecular complexity index is 1380. The molecule has 3 aromatic rings. The number of amides is 1. The third kappa shape index (κ3) is 4.64. The first-order valence-electron chi connectivity index (χ1n) is 10.8. The molecule has 3 heterocycles. The maximum absolute atomic E-state index is 13.5.